The number of carbonyl (C=O) groups excluding carboxylic acids is 1. The first-order chi connectivity index (χ1) is 10.2. The van der Waals surface area contributed by atoms with Crippen molar-refractivity contribution in [3.8, 4) is 0 Å². The maximum Gasteiger partial charge on any atom is 0.160 e. The predicted molar refractivity (Wildman–Crippen MR) is 87.1 cm³/mol. The monoisotopic (exact) mass is 277 g/mol. The van der Waals surface area contributed by atoms with Crippen LogP contribution in [0.1, 0.15) is 28.7 Å². The van der Waals surface area contributed by atoms with E-state index in [1.54, 1.807) is 6.08 Å². The molecule has 2 aromatic rings. The maximum absolute atomic E-state index is 12.0. The highest BCUT2D eigenvalue weighted by atomic mass is 16.1. The van der Waals surface area contributed by atoms with Gasteiger partial charge in [-0.3, -0.25) is 4.79 Å². The lowest BCUT2D eigenvalue weighted by Crippen LogP contribution is -1.99. The van der Waals surface area contributed by atoms with E-state index in [1.807, 2.05) is 30.3 Å². The molecule has 0 spiro atoms. The molecule has 0 radical (unpaired) electrons. The van der Waals surface area contributed by atoms with Crippen LogP contribution in [-0.4, -0.2) is 5.78 Å². The van der Waals surface area contributed by atoms with Crippen LogP contribution >= 0.6 is 0 Å². The maximum atomic E-state index is 12.0. The third kappa shape index (κ3) is 3.40. The fourth-order valence-corrected chi connectivity index (χ4v) is 2.79. The van der Waals surface area contributed by atoms with E-state index in [0.29, 0.717) is 6.42 Å². The number of rotatable bonds is 4. The predicted octanol–water partition coefficient (Wildman–Crippen LogP) is 3.58. The molecule has 3 rings (SSSR count). The van der Waals surface area contributed by atoms with E-state index >= 15 is 0 Å². The average Bonchev–Trinajstić information content (AvgIpc) is 2.94. The van der Waals surface area contributed by atoms with Gasteiger partial charge in [-0.25, -0.2) is 0 Å². The number of carbonyl (C=O) groups is 1. The quantitative estimate of drug-likeness (QED) is 0.685. The highest BCUT2D eigenvalue weighted by Gasteiger charge is 2.11. The number of anilines is 1. The summed E-state index contributed by atoms with van der Waals surface area (Å²) in [6, 6.07) is 13.9. The third-order valence-corrected chi connectivity index (χ3v) is 3.94. The summed E-state index contributed by atoms with van der Waals surface area (Å²) >= 11 is 0. The normalized spacial score (nSPS) is 13.5. The van der Waals surface area contributed by atoms with Gasteiger partial charge in [-0.1, -0.05) is 36.4 Å². The number of ketones is 1. The molecule has 1 aliphatic rings. The fourth-order valence-electron chi connectivity index (χ4n) is 2.79. The summed E-state index contributed by atoms with van der Waals surface area (Å²) < 4.78 is 0. The molecule has 21 heavy (non-hydrogen) atoms. The van der Waals surface area contributed by atoms with Gasteiger partial charge in [0.2, 0.25) is 0 Å². The molecule has 0 heterocycles. The zero-order valence-corrected chi connectivity index (χ0v) is 12.0. The molecule has 2 nitrogen and oxygen atoms in total. The number of aryl methyl sites for hydroxylation is 2. The summed E-state index contributed by atoms with van der Waals surface area (Å²) in [4.78, 5) is 12.0. The van der Waals surface area contributed by atoms with Crippen LogP contribution < -0.4 is 5.73 Å². The molecule has 0 unspecified atom stereocenters. The second kappa shape index (κ2) is 5.96. The van der Waals surface area contributed by atoms with Crippen molar-refractivity contribution in [2.75, 3.05) is 5.73 Å². The molecule has 0 amide bonds. The van der Waals surface area contributed by atoms with Gasteiger partial charge in [-0.15, -0.1) is 0 Å². The second-order valence-corrected chi connectivity index (χ2v) is 5.60. The molecular weight excluding hydrogens is 258 g/mol. The molecule has 0 saturated carbocycles. The van der Waals surface area contributed by atoms with Crippen molar-refractivity contribution in [2.45, 2.75) is 25.7 Å². The molecule has 2 aromatic carbocycles. The van der Waals surface area contributed by atoms with Crippen LogP contribution in [0.4, 0.5) is 5.69 Å². The smallest absolute Gasteiger partial charge is 0.160 e. The summed E-state index contributed by atoms with van der Waals surface area (Å²) in [5.41, 5.74) is 11.3. The lowest BCUT2D eigenvalue weighted by Gasteiger charge is -2.03. The number of nitrogens with two attached hydrogens (primary N) is 1. The third-order valence-electron chi connectivity index (χ3n) is 3.94. The molecule has 0 fully saturated rings. The topological polar surface area (TPSA) is 43.1 Å². The number of allylic oxidation sites excluding steroid dienone is 1. The number of nitrogen functional groups attached to an aromatic ring is 1. The van der Waals surface area contributed by atoms with Crippen molar-refractivity contribution in [1.82, 2.24) is 0 Å². The first kappa shape index (κ1) is 13.6. The Morgan fingerprint density at radius 3 is 2.62 bits per heavy atom. The van der Waals surface area contributed by atoms with E-state index in [0.717, 1.165) is 23.2 Å². The van der Waals surface area contributed by atoms with Crippen molar-refractivity contribution in [3.63, 3.8) is 0 Å². The van der Waals surface area contributed by atoms with E-state index in [1.165, 1.54) is 24.0 Å². The van der Waals surface area contributed by atoms with Crippen LogP contribution in [0.5, 0.6) is 0 Å². The van der Waals surface area contributed by atoms with Crippen LogP contribution in [0, 0.1) is 0 Å². The Labute approximate surface area is 125 Å². The van der Waals surface area contributed by atoms with Gasteiger partial charge in [0.05, 0.1) is 0 Å². The second-order valence-electron chi connectivity index (χ2n) is 5.60. The molecule has 1 aliphatic carbocycles. The zero-order valence-electron chi connectivity index (χ0n) is 12.0. The number of hydrogen-bond acceptors (Lipinski definition) is 2. The lowest BCUT2D eigenvalue weighted by molar-refractivity contribution is -0.113. The molecule has 0 bridgehead atoms. The Bertz CT molecular complexity index is 683. The van der Waals surface area contributed by atoms with Gasteiger partial charge in [0.1, 0.15) is 0 Å². The van der Waals surface area contributed by atoms with Gasteiger partial charge < -0.3 is 5.73 Å². The standard InChI is InChI=1S/C19H19NO/c20-18-9-5-14(6-10-18)7-11-19(21)13-15-4-8-16-2-1-3-17(16)12-15/h4-12H,1-3,13,20H2/b11-7+. The molecule has 2 N–H and O–H groups in total. The van der Waals surface area contributed by atoms with Gasteiger partial charge in [0, 0.05) is 12.1 Å². The van der Waals surface area contributed by atoms with E-state index in [2.05, 4.69) is 18.2 Å². The van der Waals surface area contributed by atoms with Crippen molar-refractivity contribution in [3.05, 3.63) is 70.8 Å². The molecule has 0 aliphatic heterocycles. The fraction of sp³-hybridized carbons (Fsp3) is 0.211. The first-order valence-electron chi connectivity index (χ1n) is 7.38. The number of fused-ring (bicyclic) bond motifs is 1. The van der Waals surface area contributed by atoms with Gasteiger partial charge in [0.25, 0.3) is 0 Å². The van der Waals surface area contributed by atoms with Gasteiger partial charge in [0.15, 0.2) is 5.78 Å². The van der Waals surface area contributed by atoms with Crippen molar-refractivity contribution < 1.29 is 4.79 Å². The first-order valence-corrected chi connectivity index (χ1v) is 7.38. The molecule has 0 aromatic heterocycles. The van der Waals surface area contributed by atoms with Gasteiger partial charge in [-0.05, 0) is 59.7 Å². The van der Waals surface area contributed by atoms with E-state index in [9.17, 15) is 4.79 Å². The Balaban J connectivity index is 1.65. The SMILES string of the molecule is Nc1ccc(/C=C/C(=O)Cc2ccc3c(c2)CCC3)cc1. The molecule has 0 atom stereocenters. The summed E-state index contributed by atoms with van der Waals surface area (Å²) in [6.45, 7) is 0. The Morgan fingerprint density at radius 2 is 1.81 bits per heavy atom. The lowest BCUT2D eigenvalue weighted by atomic mass is 10.0. The van der Waals surface area contributed by atoms with E-state index in [4.69, 9.17) is 5.73 Å². The van der Waals surface area contributed by atoms with Crippen molar-refractivity contribution in [2.24, 2.45) is 0 Å². The van der Waals surface area contributed by atoms with Crippen LogP contribution in [-0.2, 0) is 24.1 Å². The molecule has 106 valence electrons. The molecule has 0 saturated heterocycles. The van der Waals surface area contributed by atoms with Crippen LogP contribution in [0.25, 0.3) is 6.08 Å². The minimum atomic E-state index is 0.129. The van der Waals surface area contributed by atoms with E-state index in [-0.39, 0.29) is 5.78 Å². The molecular formula is C19H19NO. The summed E-state index contributed by atoms with van der Waals surface area (Å²) in [5, 5.41) is 0. The highest BCUT2D eigenvalue weighted by Crippen LogP contribution is 2.23. The van der Waals surface area contributed by atoms with Crippen LogP contribution in [0.3, 0.4) is 0 Å². The zero-order chi connectivity index (χ0) is 14.7. The number of hydrogen-bond donors (Lipinski definition) is 1. The van der Waals surface area contributed by atoms with Crippen molar-refractivity contribution in [1.29, 1.82) is 0 Å². The van der Waals surface area contributed by atoms with Gasteiger partial charge in [-0.2, -0.15) is 0 Å². The Kier molecular flexibility index (Phi) is 3.87. The minimum Gasteiger partial charge on any atom is -0.399 e. The summed E-state index contributed by atoms with van der Waals surface area (Å²) in [7, 11) is 0. The van der Waals surface area contributed by atoms with E-state index < -0.39 is 0 Å². The van der Waals surface area contributed by atoms with Crippen LogP contribution in [0.15, 0.2) is 48.5 Å². The molecule has 2 heteroatoms. The summed E-state index contributed by atoms with van der Waals surface area (Å²) in [6.07, 6.45) is 7.54. The minimum absolute atomic E-state index is 0.129. The Hall–Kier alpha value is -2.35. The van der Waals surface area contributed by atoms with Gasteiger partial charge >= 0.3 is 0 Å². The number of benzene rings is 2. The summed E-state index contributed by atoms with van der Waals surface area (Å²) in [5.74, 6) is 0.129. The largest absolute Gasteiger partial charge is 0.399 e. The highest BCUT2D eigenvalue weighted by molar-refractivity contribution is 5.95. The average molecular weight is 277 g/mol. The van der Waals surface area contributed by atoms with Crippen LogP contribution in [0.2, 0.25) is 0 Å². The Morgan fingerprint density at radius 1 is 1.05 bits per heavy atom. The van der Waals surface area contributed by atoms with Crippen molar-refractivity contribution >= 4 is 17.5 Å².